The molecule has 16 heteroatoms. The Labute approximate surface area is 125 Å². The van der Waals surface area contributed by atoms with Crippen molar-refractivity contribution in [1.82, 2.24) is 14.1 Å². The standard InChI is InChI=1S/C5H5N3.C2HF6NO4S2/c6-2-1-5-7-3-4-8-5;3-1(4,5)14(10,11)9-15(12,13)2(6,7)8/h3-4H,1H2,(H,7,8);9H. The average molecular weight is 388 g/mol. The molecule has 0 saturated heterocycles. The molecule has 0 bridgehead atoms. The predicted molar refractivity (Wildman–Crippen MR) is 61.0 cm³/mol. The minimum atomic E-state index is -6.60. The highest BCUT2D eigenvalue weighted by Crippen LogP contribution is 2.27. The Bertz CT molecular complexity index is 702. The van der Waals surface area contributed by atoms with Crippen LogP contribution in [0.3, 0.4) is 0 Å². The molecule has 8 nitrogen and oxygen atoms in total. The third kappa shape index (κ3) is 6.42. The summed E-state index contributed by atoms with van der Waals surface area (Å²) in [6, 6.07) is 1.98. The summed E-state index contributed by atoms with van der Waals surface area (Å²) in [5.41, 5.74) is -12.3. The summed E-state index contributed by atoms with van der Waals surface area (Å²) in [7, 11) is -13.2. The molecule has 0 aliphatic heterocycles. The van der Waals surface area contributed by atoms with E-state index < -0.39 is 35.2 Å². The first-order valence-corrected chi connectivity index (χ1v) is 7.87. The van der Waals surface area contributed by atoms with Crippen LogP contribution in [0, 0.1) is 11.3 Å². The second-order valence-corrected chi connectivity index (χ2v) is 6.96. The lowest BCUT2D eigenvalue weighted by atomic mass is 10.5. The van der Waals surface area contributed by atoms with E-state index in [1.807, 2.05) is 6.07 Å². The molecule has 23 heavy (non-hydrogen) atoms. The van der Waals surface area contributed by atoms with Gasteiger partial charge in [0.2, 0.25) is 0 Å². The highest BCUT2D eigenvalue weighted by molar-refractivity contribution is 8.05. The van der Waals surface area contributed by atoms with Gasteiger partial charge in [0.15, 0.2) is 0 Å². The van der Waals surface area contributed by atoms with Crippen LogP contribution in [0.1, 0.15) is 5.82 Å². The second-order valence-electron chi connectivity index (χ2n) is 3.35. The Morgan fingerprint density at radius 1 is 1.09 bits per heavy atom. The fourth-order valence-corrected chi connectivity index (χ4v) is 2.62. The molecular formula is C7H6F6N4O4S2. The van der Waals surface area contributed by atoms with E-state index in [-0.39, 0.29) is 0 Å². The summed E-state index contributed by atoms with van der Waals surface area (Å²) in [6.07, 6.45) is 3.70. The summed E-state index contributed by atoms with van der Waals surface area (Å²) in [6.45, 7) is 0. The number of halogens is 6. The smallest absolute Gasteiger partial charge is 0.348 e. The molecule has 0 fully saturated rings. The second kappa shape index (κ2) is 7.14. The van der Waals surface area contributed by atoms with Crippen LogP contribution in [0.4, 0.5) is 26.3 Å². The number of sulfonamides is 2. The van der Waals surface area contributed by atoms with Crippen molar-refractivity contribution in [3.05, 3.63) is 18.2 Å². The normalized spacial score (nSPS) is 12.9. The van der Waals surface area contributed by atoms with Crippen LogP contribution in [0.15, 0.2) is 12.4 Å². The number of hydrogen-bond acceptors (Lipinski definition) is 6. The maximum atomic E-state index is 11.5. The topological polar surface area (TPSA) is 133 Å². The van der Waals surface area contributed by atoms with E-state index in [1.54, 1.807) is 12.4 Å². The van der Waals surface area contributed by atoms with Crippen molar-refractivity contribution in [2.24, 2.45) is 0 Å². The zero-order valence-electron chi connectivity index (χ0n) is 10.5. The number of nitrogens with one attached hydrogen (secondary N) is 2. The molecule has 0 saturated carbocycles. The van der Waals surface area contributed by atoms with Crippen LogP contribution in [0.25, 0.3) is 0 Å². The van der Waals surface area contributed by atoms with Gasteiger partial charge in [-0.15, -0.1) is 0 Å². The molecule has 0 spiro atoms. The Hall–Kier alpha value is -1.86. The molecule has 1 heterocycles. The Balaban J connectivity index is 0.000000502. The van der Waals surface area contributed by atoms with Crippen molar-refractivity contribution in [3.63, 3.8) is 0 Å². The first-order valence-electron chi connectivity index (χ1n) is 4.90. The van der Waals surface area contributed by atoms with Crippen LogP contribution < -0.4 is 4.13 Å². The van der Waals surface area contributed by atoms with Crippen molar-refractivity contribution >= 4 is 20.0 Å². The van der Waals surface area contributed by atoms with Gasteiger partial charge in [-0.25, -0.2) is 21.8 Å². The van der Waals surface area contributed by atoms with E-state index in [0.29, 0.717) is 6.42 Å². The van der Waals surface area contributed by atoms with Gasteiger partial charge >= 0.3 is 31.1 Å². The number of nitrogens with zero attached hydrogens (tertiary/aromatic N) is 2. The van der Waals surface area contributed by atoms with E-state index >= 15 is 0 Å². The zero-order valence-corrected chi connectivity index (χ0v) is 12.1. The maximum absolute atomic E-state index is 11.5. The van der Waals surface area contributed by atoms with Crippen molar-refractivity contribution in [2.75, 3.05) is 0 Å². The Morgan fingerprint density at radius 3 is 1.78 bits per heavy atom. The van der Waals surface area contributed by atoms with Crippen molar-refractivity contribution < 1.29 is 43.2 Å². The fourth-order valence-electron chi connectivity index (χ4n) is 0.708. The van der Waals surface area contributed by atoms with Gasteiger partial charge in [0.1, 0.15) is 5.82 Å². The van der Waals surface area contributed by atoms with E-state index in [0.717, 1.165) is 5.82 Å². The number of nitriles is 1. The number of aromatic nitrogens is 2. The Kier molecular flexibility index (Phi) is 6.56. The van der Waals surface area contributed by atoms with Crippen LogP contribution >= 0.6 is 0 Å². The molecular weight excluding hydrogens is 382 g/mol. The third-order valence-electron chi connectivity index (χ3n) is 1.63. The van der Waals surface area contributed by atoms with E-state index in [9.17, 15) is 43.2 Å². The number of alkyl halides is 6. The Morgan fingerprint density at radius 2 is 1.52 bits per heavy atom. The van der Waals surface area contributed by atoms with Gasteiger partial charge in [-0.05, 0) is 0 Å². The largest absolute Gasteiger partial charge is 0.512 e. The van der Waals surface area contributed by atoms with Crippen LogP contribution in [-0.4, -0.2) is 37.8 Å². The maximum Gasteiger partial charge on any atom is 0.512 e. The lowest BCUT2D eigenvalue weighted by Crippen LogP contribution is -2.45. The van der Waals surface area contributed by atoms with E-state index in [2.05, 4.69) is 9.97 Å². The quantitative estimate of drug-likeness (QED) is 0.735. The van der Waals surface area contributed by atoms with Gasteiger partial charge in [0.05, 0.1) is 12.5 Å². The van der Waals surface area contributed by atoms with Gasteiger partial charge in [-0.3, -0.25) is 0 Å². The fraction of sp³-hybridized carbons (Fsp3) is 0.429. The highest BCUT2D eigenvalue weighted by Gasteiger charge is 2.55. The number of H-pyrrole nitrogens is 1. The van der Waals surface area contributed by atoms with E-state index in [1.165, 1.54) is 0 Å². The van der Waals surface area contributed by atoms with Crippen molar-refractivity contribution in [1.29, 1.82) is 5.26 Å². The molecule has 1 rings (SSSR count). The molecule has 1 aromatic rings. The number of rotatable bonds is 3. The average Bonchev–Trinajstić information content (AvgIpc) is 2.78. The van der Waals surface area contributed by atoms with Gasteiger partial charge in [0.25, 0.3) is 0 Å². The molecule has 0 amide bonds. The SMILES string of the molecule is N#CCc1ncc[nH]1.O=S(=O)(NS(=O)(=O)C(F)(F)F)C(F)(F)F. The molecule has 132 valence electrons. The lowest BCUT2D eigenvalue weighted by Gasteiger charge is -2.11. The molecule has 0 aromatic carbocycles. The van der Waals surface area contributed by atoms with Crippen molar-refractivity contribution in [2.45, 2.75) is 17.4 Å². The summed E-state index contributed by atoms with van der Waals surface area (Å²) >= 11 is 0. The molecule has 0 aliphatic carbocycles. The molecule has 2 N–H and O–H groups in total. The first-order chi connectivity index (χ1) is 10.1. The minimum Gasteiger partial charge on any atom is -0.348 e. The monoisotopic (exact) mass is 388 g/mol. The van der Waals surface area contributed by atoms with Gasteiger partial charge in [-0.1, -0.05) is 4.13 Å². The summed E-state index contributed by atoms with van der Waals surface area (Å²) in [5, 5.41) is 8.13. The molecule has 1 aromatic heterocycles. The van der Waals surface area contributed by atoms with Crippen LogP contribution in [0.5, 0.6) is 0 Å². The van der Waals surface area contributed by atoms with Crippen LogP contribution in [0.2, 0.25) is 0 Å². The zero-order chi connectivity index (χ0) is 18.5. The molecule has 0 unspecified atom stereocenters. The summed E-state index contributed by atoms with van der Waals surface area (Å²) < 4.78 is 108. The lowest BCUT2D eigenvalue weighted by molar-refractivity contribution is -0.0476. The highest BCUT2D eigenvalue weighted by atomic mass is 32.3. The predicted octanol–water partition coefficient (Wildman–Crippen LogP) is 0.751. The van der Waals surface area contributed by atoms with Gasteiger partial charge in [-0.2, -0.15) is 31.6 Å². The third-order valence-corrected chi connectivity index (χ3v) is 4.60. The first kappa shape index (κ1) is 21.1. The molecule has 0 atom stereocenters. The van der Waals surface area contributed by atoms with Gasteiger partial charge < -0.3 is 4.98 Å². The van der Waals surface area contributed by atoms with E-state index in [4.69, 9.17) is 5.26 Å². The molecule has 0 radical (unpaired) electrons. The number of aromatic amines is 1. The van der Waals surface area contributed by atoms with Crippen molar-refractivity contribution in [3.8, 4) is 6.07 Å². The summed E-state index contributed by atoms with van der Waals surface area (Å²) in [5.74, 6) is 0.729. The number of hydrogen-bond donors (Lipinski definition) is 2. The number of imidazole rings is 1. The minimum absolute atomic E-state index is 0.368. The van der Waals surface area contributed by atoms with Gasteiger partial charge in [0, 0.05) is 12.4 Å². The van der Waals surface area contributed by atoms with Crippen LogP contribution in [-0.2, 0) is 26.5 Å². The summed E-state index contributed by atoms with van der Waals surface area (Å²) in [4.78, 5) is 6.63. The molecule has 0 aliphatic rings.